The molecule has 0 amide bonds. The number of esters is 1. The fourth-order valence-electron chi connectivity index (χ4n) is 0.921. The number of carbonyl (C=O) groups is 1. The van der Waals surface area contributed by atoms with Crippen molar-refractivity contribution >= 4 is 5.97 Å². The maximum absolute atomic E-state index is 10.8. The maximum Gasteiger partial charge on any atom is 0.330 e. The largest absolute Gasteiger partial charge is 0.463 e. The van der Waals surface area contributed by atoms with Gasteiger partial charge in [-0.3, -0.25) is 0 Å². The highest BCUT2D eigenvalue weighted by Gasteiger charge is 2.45. The molecular weight excluding hydrogens is 156 g/mol. The molecule has 0 aliphatic carbocycles. The third-order valence-corrected chi connectivity index (χ3v) is 1.75. The first-order valence-corrected chi connectivity index (χ1v) is 4.09. The Kier molecular flexibility index (Phi) is 2.52. The predicted octanol–water partition coefficient (Wildman–Crippen LogP) is 1.28. The fourth-order valence-corrected chi connectivity index (χ4v) is 0.921. The van der Waals surface area contributed by atoms with Gasteiger partial charge in [0.1, 0.15) is 6.10 Å². The normalized spacial score (nSPS) is 25.8. The van der Waals surface area contributed by atoms with Gasteiger partial charge in [0.15, 0.2) is 0 Å². The molecule has 0 aromatic carbocycles. The van der Waals surface area contributed by atoms with Crippen molar-refractivity contribution in [3.05, 3.63) is 12.2 Å². The Morgan fingerprint density at radius 1 is 1.67 bits per heavy atom. The third-order valence-electron chi connectivity index (χ3n) is 1.75. The van der Waals surface area contributed by atoms with E-state index < -0.39 is 0 Å². The van der Waals surface area contributed by atoms with E-state index in [1.165, 1.54) is 6.08 Å². The molecule has 0 N–H and O–H groups in total. The molecule has 1 fully saturated rings. The fraction of sp³-hybridized carbons (Fsp3) is 0.667. The van der Waals surface area contributed by atoms with Crippen LogP contribution in [0.25, 0.3) is 0 Å². The van der Waals surface area contributed by atoms with Crippen LogP contribution < -0.4 is 0 Å². The highest BCUT2D eigenvalue weighted by Crippen LogP contribution is 2.35. The summed E-state index contributed by atoms with van der Waals surface area (Å²) in [5.74, 6) is -0.302. The van der Waals surface area contributed by atoms with E-state index in [9.17, 15) is 4.79 Å². The monoisotopic (exact) mass is 170 g/mol. The second-order valence-corrected chi connectivity index (χ2v) is 3.25. The SMILES string of the molecule is CCOC(=O)/C=C/C1OC1(C)C. The summed E-state index contributed by atoms with van der Waals surface area (Å²) in [7, 11) is 0. The van der Waals surface area contributed by atoms with Gasteiger partial charge in [-0.1, -0.05) is 0 Å². The van der Waals surface area contributed by atoms with Crippen molar-refractivity contribution in [3.63, 3.8) is 0 Å². The van der Waals surface area contributed by atoms with Gasteiger partial charge >= 0.3 is 5.97 Å². The minimum atomic E-state index is -0.302. The number of ether oxygens (including phenoxy) is 2. The lowest BCUT2D eigenvalue weighted by atomic mass is 10.1. The number of hydrogen-bond donors (Lipinski definition) is 0. The van der Waals surface area contributed by atoms with Gasteiger partial charge in [0.2, 0.25) is 0 Å². The molecule has 0 saturated carbocycles. The van der Waals surface area contributed by atoms with E-state index in [4.69, 9.17) is 9.47 Å². The van der Waals surface area contributed by atoms with Crippen LogP contribution in [0.1, 0.15) is 20.8 Å². The second kappa shape index (κ2) is 3.27. The van der Waals surface area contributed by atoms with Gasteiger partial charge in [0.25, 0.3) is 0 Å². The van der Waals surface area contributed by atoms with Crippen molar-refractivity contribution in [2.45, 2.75) is 32.5 Å². The Morgan fingerprint density at radius 2 is 2.25 bits per heavy atom. The van der Waals surface area contributed by atoms with Crippen LogP contribution in [-0.2, 0) is 14.3 Å². The van der Waals surface area contributed by atoms with Gasteiger partial charge in [-0.2, -0.15) is 0 Å². The summed E-state index contributed by atoms with van der Waals surface area (Å²) in [5, 5.41) is 0. The van der Waals surface area contributed by atoms with E-state index in [1.54, 1.807) is 13.0 Å². The van der Waals surface area contributed by atoms with E-state index in [0.29, 0.717) is 6.61 Å². The Balaban J connectivity index is 2.28. The molecule has 0 bridgehead atoms. The van der Waals surface area contributed by atoms with Crippen molar-refractivity contribution in [2.24, 2.45) is 0 Å². The molecule has 1 heterocycles. The smallest absolute Gasteiger partial charge is 0.330 e. The summed E-state index contributed by atoms with van der Waals surface area (Å²) in [6.07, 6.45) is 3.22. The molecule has 3 nitrogen and oxygen atoms in total. The number of carbonyl (C=O) groups excluding carboxylic acids is 1. The molecule has 1 rings (SSSR count). The Hall–Kier alpha value is -0.830. The molecule has 1 atom stereocenters. The van der Waals surface area contributed by atoms with Gasteiger partial charge in [-0.15, -0.1) is 0 Å². The summed E-state index contributed by atoms with van der Waals surface area (Å²) in [6.45, 7) is 6.15. The van der Waals surface area contributed by atoms with Gasteiger partial charge in [0, 0.05) is 6.08 Å². The van der Waals surface area contributed by atoms with E-state index in [-0.39, 0.29) is 17.7 Å². The van der Waals surface area contributed by atoms with Crippen LogP contribution in [0.5, 0.6) is 0 Å². The van der Waals surface area contributed by atoms with Crippen molar-refractivity contribution in [2.75, 3.05) is 6.61 Å². The van der Waals surface area contributed by atoms with Crippen LogP contribution in [0.2, 0.25) is 0 Å². The van der Waals surface area contributed by atoms with E-state index >= 15 is 0 Å². The summed E-state index contributed by atoms with van der Waals surface area (Å²) in [4.78, 5) is 10.8. The lowest BCUT2D eigenvalue weighted by Gasteiger charge is -1.93. The predicted molar refractivity (Wildman–Crippen MR) is 44.7 cm³/mol. The minimum absolute atomic E-state index is 0.0712. The van der Waals surface area contributed by atoms with Crippen LogP contribution in [0.3, 0.4) is 0 Å². The van der Waals surface area contributed by atoms with Crippen molar-refractivity contribution in [1.82, 2.24) is 0 Å². The molecular formula is C9H14O3. The molecule has 1 saturated heterocycles. The minimum Gasteiger partial charge on any atom is -0.463 e. The lowest BCUT2D eigenvalue weighted by molar-refractivity contribution is -0.137. The highest BCUT2D eigenvalue weighted by atomic mass is 16.6. The number of hydrogen-bond acceptors (Lipinski definition) is 3. The summed E-state index contributed by atoms with van der Waals surface area (Å²) < 4.78 is 9.95. The third kappa shape index (κ3) is 2.34. The zero-order valence-electron chi connectivity index (χ0n) is 7.66. The van der Waals surface area contributed by atoms with Gasteiger partial charge in [0.05, 0.1) is 12.2 Å². The molecule has 12 heavy (non-hydrogen) atoms. The summed E-state index contributed by atoms with van der Waals surface area (Å²) in [5.41, 5.74) is -0.0943. The summed E-state index contributed by atoms with van der Waals surface area (Å²) in [6, 6.07) is 0. The highest BCUT2D eigenvalue weighted by molar-refractivity contribution is 5.82. The number of rotatable bonds is 3. The Morgan fingerprint density at radius 3 is 2.67 bits per heavy atom. The van der Waals surface area contributed by atoms with Crippen LogP contribution in [0, 0.1) is 0 Å². The molecule has 1 aliphatic rings. The van der Waals surface area contributed by atoms with E-state index in [2.05, 4.69) is 0 Å². The van der Waals surface area contributed by atoms with Crippen LogP contribution in [-0.4, -0.2) is 24.3 Å². The van der Waals surface area contributed by atoms with Crippen molar-refractivity contribution in [3.8, 4) is 0 Å². The van der Waals surface area contributed by atoms with E-state index in [0.717, 1.165) is 0 Å². The second-order valence-electron chi connectivity index (χ2n) is 3.25. The quantitative estimate of drug-likeness (QED) is 0.364. The molecule has 0 radical (unpaired) electrons. The first kappa shape index (κ1) is 9.26. The van der Waals surface area contributed by atoms with Crippen LogP contribution in [0.4, 0.5) is 0 Å². The lowest BCUT2D eigenvalue weighted by Crippen LogP contribution is -2.03. The van der Waals surface area contributed by atoms with Gasteiger partial charge in [-0.25, -0.2) is 4.79 Å². The zero-order valence-corrected chi connectivity index (χ0v) is 7.66. The molecule has 0 aromatic heterocycles. The maximum atomic E-state index is 10.8. The molecule has 1 aliphatic heterocycles. The van der Waals surface area contributed by atoms with Crippen LogP contribution in [0.15, 0.2) is 12.2 Å². The Labute approximate surface area is 72.4 Å². The molecule has 68 valence electrons. The van der Waals surface area contributed by atoms with Gasteiger partial charge < -0.3 is 9.47 Å². The molecule has 0 spiro atoms. The molecule has 0 aromatic rings. The van der Waals surface area contributed by atoms with Crippen LogP contribution >= 0.6 is 0 Å². The van der Waals surface area contributed by atoms with Crippen molar-refractivity contribution in [1.29, 1.82) is 0 Å². The Bertz CT molecular complexity index is 206. The molecule has 3 heteroatoms. The number of epoxide rings is 1. The first-order valence-electron chi connectivity index (χ1n) is 4.09. The average molecular weight is 170 g/mol. The molecule has 1 unspecified atom stereocenters. The van der Waals surface area contributed by atoms with E-state index in [1.807, 2.05) is 13.8 Å². The first-order chi connectivity index (χ1) is 5.56. The van der Waals surface area contributed by atoms with Gasteiger partial charge in [-0.05, 0) is 26.8 Å². The standard InChI is InChI=1S/C9H14O3/c1-4-11-8(10)6-5-7-9(2,3)12-7/h5-7H,4H2,1-3H3/b6-5+. The zero-order chi connectivity index (χ0) is 9.19. The average Bonchev–Trinajstić information content (AvgIpc) is 2.56. The van der Waals surface area contributed by atoms with Crippen molar-refractivity contribution < 1.29 is 14.3 Å². The summed E-state index contributed by atoms with van der Waals surface area (Å²) >= 11 is 0. The topological polar surface area (TPSA) is 38.8 Å².